The predicted molar refractivity (Wildman–Crippen MR) is 119 cm³/mol. The van der Waals surface area contributed by atoms with Crippen LogP contribution in [0.5, 0.6) is 0 Å². The molecule has 32 heavy (non-hydrogen) atoms. The number of nitrogens with two attached hydrogens (primary N) is 1. The van der Waals surface area contributed by atoms with Gasteiger partial charge in [-0.2, -0.15) is 10.2 Å². The van der Waals surface area contributed by atoms with Crippen molar-refractivity contribution in [1.29, 1.82) is 5.26 Å². The third-order valence-corrected chi connectivity index (χ3v) is 5.85. The monoisotopic (exact) mass is 451 g/mol. The summed E-state index contributed by atoms with van der Waals surface area (Å²) in [7, 11) is -3.90. The lowest BCUT2D eigenvalue weighted by Gasteiger charge is -2.11. The Morgan fingerprint density at radius 3 is 2.69 bits per heavy atom. The van der Waals surface area contributed by atoms with Crippen molar-refractivity contribution in [1.82, 2.24) is 15.0 Å². The Balaban J connectivity index is 1.60. The van der Waals surface area contributed by atoms with Crippen molar-refractivity contribution in [3.63, 3.8) is 0 Å². The number of aromatic amines is 1. The highest BCUT2D eigenvalue weighted by Gasteiger charge is 2.14. The topological polar surface area (TPSA) is 150 Å². The van der Waals surface area contributed by atoms with Gasteiger partial charge in [-0.25, -0.2) is 22.9 Å². The molecule has 4 aromatic rings. The smallest absolute Gasteiger partial charge is 0.238 e. The minimum atomic E-state index is -3.90. The third-order valence-electron chi connectivity index (χ3n) is 4.79. The second kappa shape index (κ2) is 8.26. The Kier molecular flexibility index (Phi) is 5.48. The average molecular weight is 451 g/mol. The molecule has 2 aromatic carbocycles. The number of aromatic nitrogens is 3. The van der Waals surface area contributed by atoms with Crippen LogP contribution in [0.4, 0.5) is 27.5 Å². The molecule has 4 rings (SSSR count). The first-order valence-corrected chi connectivity index (χ1v) is 11.0. The van der Waals surface area contributed by atoms with Gasteiger partial charge in [0.05, 0.1) is 23.6 Å². The Hall–Kier alpha value is -4.01. The third kappa shape index (κ3) is 4.36. The fraction of sp³-hybridized carbons (Fsp3) is 0.0952. The fourth-order valence-electron chi connectivity index (χ4n) is 3.26. The van der Waals surface area contributed by atoms with Crippen LogP contribution in [-0.4, -0.2) is 23.4 Å². The molecule has 2 aromatic heterocycles. The first-order valence-electron chi connectivity index (χ1n) is 9.41. The Labute approximate surface area is 183 Å². The van der Waals surface area contributed by atoms with Crippen LogP contribution in [0.2, 0.25) is 0 Å². The van der Waals surface area contributed by atoms with Crippen LogP contribution in [0.1, 0.15) is 11.1 Å². The number of H-pyrrole nitrogens is 1. The molecule has 0 fully saturated rings. The SMILES string of the molecule is Cc1ccc(Nc2ncc(F)c(Nc3ccc4c(CC#N)c[nH]c4c3)n2)cc1S(N)(=O)=O. The van der Waals surface area contributed by atoms with E-state index in [4.69, 9.17) is 10.4 Å². The molecule has 0 saturated heterocycles. The van der Waals surface area contributed by atoms with E-state index < -0.39 is 15.8 Å². The molecule has 11 heteroatoms. The van der Waals surface area contributed by atoms with Crippen LogP contribution in [-0.2, 0) is 16.4 Å². The van der Waals surface area contributed by atoms with Crippen LogP contribution in [0, 0.1) is 24.1 Å². The molecule has 0 atom stereocenters. The Morgan fingerprint density at radius 1 is 1.19 bits per heavy atom. The van der Waals surface area contributed by atoms with E-state index >= 15 is 0 Å². The van der Waals surface area contributed by atoms with Gasteiger partial charge in [-0.3, -0.25) is 0 Å². The first-order chi connectivity index (χ1) is 15.2. The maximum Gasteiger partial charge on any atom is 0.238 e. The highest BCUT2D eigenvalue weighted by Crippen LogP contribution is 2.26. The van der Waals surface area contributed by atoms with E-state index in [1.54, 1.807) is 37.4 Å². The van der Waals surface area contributed by atoms with Gasteiger partial charge in [0.1, 0.15) is 0 Å². The first kappa shape index (κ1) is 21.2. The molecule has 0 spiro atoms. The summed E-state index contributed by atoms with van der Waals surface area (Å²) in [6, 6.07) is 12.1. The highest BCUT2D eigenvalue weighted by atomic mass is 32.2. The summed E-state index contributed by atoms with van der Waals surface area (Å²) in [5.41, 5.74) is 3.14. The lowest BCUT2D eigenvalue weighted by molar-refractivity contribution is 0.597. The molecule has 5 N–H and O–H groups in total. The maximum absolute atomic E-state index is 14.3. The Bertz CT molecular complexity index is 1480. The van der Waals surface area contributed by atoms with Gasteiger partial charge < -0.3 is 15.6 Å². The van der Waals surface area contributed by atoms with Crippen molar-refractivity contribution in [3.05, 3.63) is 65.7 Å². The number of fused-ring (bicyclic) bond motifs is 1. The van der Waals surface area contributed by atoms with Crippen LogP contribution < -0.4 is 15.8 Å². The molecule has 0 radical (unpaired) electrons. The summed E-state index contributed by atoms with van der Waals surface area (Å²) in [5, 5.41) is 20.8. The zero-order chi connectivity index (χ0) is 22.9. The van der Waals surface area contributed by atoms with Crippen LogP contribution >= 0.6 is 0 Å². The summed E-state index contributed by atoms with van der Waals surface area (Å²) >= 11 is 0. The standard InChI is InChI=1S/C21H18FN7O2S/c1-12-2-3-15(9-19(12)32(24,30)31)28-21-26-11-17(22)20(29-21)27-14-4-5-16-13(6-7-23)10-25-18(16)8-14/h2-5,8-11,25H,6H2,1H3,(H2,24,30,31)(H2,26,27,28,29). The number of nitrogens with one attached hydrogen (secondary N) is 3. The number of primary sulfonamides is 1. The quantitative estimate of drug-likeness (QED) is 0.350. The normalized spacial score (nSPS) is 11.3. The lowest BCUT2D eigenvalue weighted by atomic mass is 10.1. The molecule has 0 aliphatic carbocycles. The van der Waals surface area contributed by atoms with Crippen LogP contribution in [0.15, 0.2) is 53.7 Å². The zero-order valence-corrected chi connectivity index (χ0v) is 17.7. The number of hydrogen-bond donors (Lipinski definition) is 4. The molecule has 0 saturated carbocycles. The largest absolute Gasteiger partial charge is 0.361 e. The predicted octanol–water partition coefficient (Wildman–Crippen LogP) is 3.61. The molecule has 162 valence electrons. The summed E-state index contributed by atoms with van der Waals surface area (Å²) in [6.07, 6.45) is 3.06. The van der Waals surface area contributed by atoms with Crippen molar-refractivity contribution in [3.8, 4) is 6.07 Å². The fourth-order valence-corrected chi connectivity index (χ4v) is 4.07. The molecule has 0 aliphatic heterocycles. The number of benzene rings is 2. The van der Waals surface area contributed by atoms with E-state index in [0.29, 0.717) is 16.9 Å². The number of sulfonamides is 1. The number of nitrogens with zero attached hydrogens (tertiary/aromatic N) is 3. The van der Waals surface area contributed by atoms with Gasteiger partial charge in [-0.1, -0.05) is 12.1 Å². The number of anilines is 4. The molecular formula is C21H18FN7O2S. The second-order valence-corrected chi connectivity index (χ2v) is 8.60. The highest BCUT2D eigenvalue weighted by molar-refractivity contribution is 7.89. The summed E-state index contributed by atoms with van der Waals surface area (Å²) < 4.78 is 37.8. The second-order valence-electron chi connectivity index (χ2n) is 7.07. The van der Waals surface area contributed by atoms with Gasteiger partial charge in [0.25, 0.3) is 0 Å². The molecule has 0 bridgehead atoms. The van der Waals surface area contributed by atoms with Crippen LogP contribution in [0.3, 0.4) is 0 Å². The molecule has 0 amide bonds. The van der Waals surface area contributed by atoms with E-state index in [9.17, 15) is 12.8 Å². The maximum atomic E-state index is 14.3. The van der Waals surface area contributed by atoms with E-state index in [1.165, 1.54) is 6.07 Å². The van der Waals surface area contributed by atoms with Gasteiger partial charge in [0.2, 0.25) is 16.0 Å². The van der Waals surface area contributed by atoms with Gasteiger partial charge in [0, 0.05) is 28.5 Å². The minimum absolute atomic E-state index is 0.0297. The van der Waals surface area contributed by atoms with Crippen molar-refractivity contribution in [2.75, 3.05) is 10.6 Å². The molecule has 0 unspecified atom stereocenters. The van der Waals surface area contributed by atoms with E-state index in [-0.39, 0.29) is 23.1 Å². The summed E-state index contributed by atoms with van der Waals surface area (Å²) in [6.45, 7) is 1.63. The number of rotatable bonds is 6. The van der Waals surface area contributed by atoms with Crippen molar-refractivity contribution >= 4 is 44.1 Å². The summed E-state index contributed by atoms with van der Waals surface area (Å²) in [4.78, 5) is 11.1. The van der Waals surface area contributed by atoms with Crippen molar-refractivity contribution in [2.24, 2.45) is 5.14 Å². The Morgan fingerprint density at radius 2 is 1.94 bits per heavy atom. The zero-order valence-electron chi connectivity index (χ0n) is 16.8. The summed E-state index contributed by atoms with van der Waals surface area (Å²) in [5.74, 6) is -0.666. The van der Waals surface area contributed by atoms with E-state index in [0.717, 1.165) is 22.7 Å². The molecule has 2 heterocycles. The van der Waals surface area contributed by atoms with Gasteiger partial charge in [-0.15, -0.1) is 0 Å². The van der Waals surface area contributed by atoms with E-state index in [1.807, 2.05) is 6.07 Å². The van der Waals surface area contributed by atoms with Crippen molar-refractivity contribution < 1.29 is 12.8 Å². The minimum Gasteiger partial charge on any atom is -0.361 e. The average Bonchev–Trinajstić information content (AvgIpc) is 3.13. The molecule has 9 nitrogen and oxygen atoms in total. The number of halogens is 1. The van der Waals surface area contributed by atoms with Crippen LogP contribution in [0.25, 0.3) is 10.9 Å². The van der Waals surface area contributed by atoms with Gasteiger partial charge >= 0.3 is 0 Å². The van der Waals surface area contributed by atoms with Crippen molar-refractivity contribution in [2.45, 2.75) is 18.2 Å². The lowest BCUT2D eigenvalue weighted by Crippen LogP contribution is -2.14. The van der Waals surface area contributed by atoms with Gasteiger partial charge in [-0.05, 0) is 42.3 Å². The van der Waals surface area contributed by atoms with E-state index in [2.05, 4.69) is 31.7 Å². The molecular weight excluding hydrogens is 433 g/mol. The van der Waals surface area contributed by atoms with Gasteiger partial charge in [0.15, 0.2) is 11.6 Å². The number of nitriles is 1. The number of hydrogen-bond acceptors (Lipinski definition) is 7. The number of aryl methyl sites for hydroxylation is 1. The molecule has 0 aliphatic rings.